The van der Waals surface area contributed by atoms with Crippen LogP contribution in [-0.4, -0.2) is 17.0 Å². The van der Waals surface area contributed by atoms with Crippen molar-refractivity contribution < 1.29 is 4.39 Å². The number of halogens is 3. The first-order valence-electron chi connectivity index (χ1n) is 6.14. The topological polar surface area (TPSA) is 37.8 Å². The van der Waals surface area contributed by atoms with Gasteiger partial charge in [0.05, 0.1) is 15.2 Å². The summed E-state index contributed by atoms with van der Waals surface area (Å²) in [6, 6.07) is 4.47. The van der Waals surface area contributed by atoms with E-state index in [0.29, 0.717) is 17.2 Å². The van der Waals surface area contributed by atoms with Crippen molar-refractivity contribution in [2.75, 3.05) is 12.4 Å². The second kappa shape index (κ2) is 6.06. The first-order valence-corrected chi connectivity index (χ1v) is 7.31. The highest BCUT2D eigenvalue weighted by molar-refractivity contribution is 9.10. The van der Waals surface area contributed by atoms with Crippen LogP contribution in [0.1, 0.15) is 25.5 Å². The molecule has 0 fully saturated rings. The summed E-state index contributed by atoms with van der Waals surface area (Å²) in [4.78, 5) is 8.97. The van der Waals surface area contributed by atoms with E-state index in [9.17, 15) is 4.39 Å². The molecule has 1 aromatic heterocycles. The van der Waals surface area contributed by atoms with Crippen molar-refractivity contribution in [2.45, 2.75) is 19.8 Å². The maximum atomic E-state index is 13.2. The highest BCUT2D eigenvalue weighted by Crippen LogP contribution is 2.32. The van der Waals surface area contributed by atoms with Gasteiger partial charge in [0.25, 0.3) is 0 Å². The van der Waals surface area contributed by atoms with Gasteiger partial charge in [0, 0.05) is 12.6 Å². The van der Waals surface area contributed by atoms with Crippen LogP contribution in [0, 0.1) is 5.82 Å². The number of benzene rings is 1. The van der Waals surface area contributed by atoms with Crippen molar-refractivity contribution in [1.29, 1.82) is 0 Å². The van der Waals surface area contributed by atoms with Crippen molar-refractivity contribution in [1.82, 2.24) is 9.97 Å². The number of hydrogen-bond donors (Lipinski definition) is 1. The zero-order valence-electron chi connectivity index (χ0n) is 11.3. The molecule has 0 unspecified atom stereocenters. The smallest absolute Gasteiger partial charge is 0.161 e. The van der Waals surface area contributed by atoms with Gasteiger partial charge in [-0.3, -0.25) is 0 Å². The van der Waals surface area contributed by atoms with E-state index >= 15 is 0 Å². The quantitative estimate of drug-likeness (QED) is 0.851. The molecule has 106 valence electrons. The molecule has 0 radical (unpaired) electrons. The van der Waals surface area contributed by atoms with E-state index in [2.05, 4.69) is 31.2 Å². The van der Waals surface area contributed by atoms with Crippen LogP contribution >= 0.6 is 27.5 Å². The van der Waals surface area contributed by atoms with E-state index in [4.69, 9.17) is 11.6 Å². The number of nitrogens with one attached hydrogen (secondary N) is 1. The average molecular weight is 359 g/mol. The summed E-state index contributed by atoms with van der Waals surface area (Å²) >= 11 is 9.32. The Morgan fingerprint density at radius 3 is 2.55 bits per heavy atom. The number of hydrogen-bond acceptors (Lipinski definition) is 3. The molecular weight excluding hydrogens is 345 g/mol. The predicted octanol–water partition coefficient (Wildman–Crippen LogP) is 4.86. The van der Waals surface area contributed by atoms with Crippen molar-refractivity contribution >= 4 is 33.3 Å². The first kappa shape index (κ1) is 15.2. The molecule has 6 heteroatoms. The predicted molar refractivity (Wildman–Crippen MR) is 83.8 cm³/mol. The van der Waals surface area contributed by atoms with E-state index in [1.54, 1.807) is 13.1 Å². The molecule has 2 rings (SSSR count). The van der Waals surface area contributed by atoms with Gasteiger partial charge in [0.1, 0.15) is 11.6 Å². The van der Waals surface area contributed by atoms with Gasteiger partial charge in [-0.05, 0) is 40.0 Å². The van der Waals surface area contributed by atoms with Crippen LogP contribution in [-0.2, 0) is 0 Å². The fraction of sp³-hybridized carbons (Fsp3) is 0.286. The summed E-state index contributed by atoms with van der Waals surface area (Å²) in [5.74, 6) is 0.988. The van der Waals surface area contributed by atoms with E-state index in [0.717, 1.165) is 10.2 Å². The maximum Gasteiger partial charge on any atom is 0.161 e. The molecule has 0 atom stereocenters. The zero-order valence-corrected chi connectivity index (χ0v) is 13.7. The Kier molecular flexibility index (Phi) is 4.60. The van der Waals surface area contributed by atoms with Crippen LogP contribution < -0.4 is 5.32 Å². The Balaban J connectivity index is 2.61. The van der Waals surface area contributed by atoms with Crippen LogP contribution in [0.5, 0.6) is 0 Å². The highest BCUT2D eigenvalue weighted by atomic mass is 79.9. The number of nitrogens with zero attached hydrogens (tertiary/aromatic N) is 2. The third-order valence-corrected chi connectivity index (χ3v) is 3.91. The second-order valence-electron chi connectivity index (χ2n) is 4.63. The molecule has 1 N–H and O–H groups in total. The minimum atomic E-state index is -0.453. The van der Waals surface area contributed by atoms with Crippen LogP contribution in [0.25, 0.3) is 11.4 Å². The molecule has 1 aromatic carbocycles. The third-order valence-electron chi connectivity index (χ3n) is 2.84. The SMILES string of the molecule is CNc1nc(-c2ccc(F)c(Cl)c2)nc(C(C)C)c1Br. The molecule has 0 saturated carbocycles. The number of anilines is 1. The summed E-state index contributed by atoms with van der Waals surface area (Å²) in [6.07, 6.45) is 0. The lowest BCUT2D eigenvalue weighted by molar-refractivity contribution is 0.628. The summed E-state index contributed by atoms with van der Waals surface area (Å²) in [7, 11) is 1.79. The van der Waals surface area contributed by atoms with E-state index in [1.807, 2.05) is 13.8 Å². The van der Waals surface area contributed by atoms with E-state index in [-0.39, 0.29) is 10.9 Å². The maximum absolute atomic E-state index is 13.2. The molecular formula is C14H14BrClFN3. The second-order valence-corrected chi connectivity index (χ2v) is 5.83. The van der Waals surface area contributed by atoms with Gasteiger partial charge in [-0.2, -0.15) is 0 Å². The van der Waals surface area contributed by atoms with Gasteiger partial charge >= 0.3 is 0 Å². The Morgan fingerprint density at radius 1 is 1.30 bits per heavy atom. The minimum Gasteiger partial charge on any atom is -0.372 e. The Labute approximate surface area is 130 Å². The van der Waals surface area contributed by atoms with Gasteiger partial charge in [-0.1, -0.05) is 25.4 Å². The summed E-state index contributed by atoms with van der Waals surface area (Å²) < 4.78 is 14.1. The summed E-state index contributed by atoms with van der Waals surface area (Å²) in [5.41, 5.74) is 1.57. The van der Waals surface area contributed by atoms with Crippen LogP contribution in [0.3, 0.4) is 0 Å². The lowest BCUT2D eigenvalue weighted by Crippen LogP contribution is -2.04. The molecule has 0 spiro atoms. The van der Waals surface area contributed by atoms with Gasteiger partial charge < -0.3 is 5.32 Å². The zero-order chi connectivity index (χ0) is 14.9. The van der Waals surface area contributed by atoms with E-state index < -0.39 is 5.82 Å². The summed E-state index contributed by atoms with van der Waals surface area (Å²) in [6.45, 7) is 4.10. The van der Waals surface area contributed by atoms with Crippen LogP contribution in [0.2, 0.25) is 5.02 Å². The molecule has 0 amide bonds. The molecule has 1 heterocycles. The van der Waals surface area contributed by atoms with Crippen LogP contribution in [0.15, 0.2) is 22.7 Å². The molecule has 0 bridgehead atoms. The highest BCUT2D eigenvalue weighted by Gasteiger charge is 2.15. The minimum absolute atomic E-state index is 0.0612. The summed E-state index contributed by atoms with van der Waals surface area (Å²) in [5, 5.41) is 3.08. The van der Waals surface area contributed by atoms with Gasteiger partial charge in [-0.15, -0.1) is 0 Å². The molecule has 2 aromatic rings. The standard InChI is InChI=1S/C14H14BrClFN3/c1-7(2)12-11(15)14(18-3)20-13(19-12)8-4-5-10(17)9(16)6-8/h4-7H,1-3H3,(H,18,19,20). The van der Waals surface area contributed by atoms with Crippen molar-refractivity contribution in [3.8, 4) is 11.4 Å². The fourth-order valence-electron chi connectivity index (χ4n) is 1.78. The third kappa shape index (κ3) is 2.94. The fourth-order valence-corrected chi connectivity index (χ4v) is 2.79. The Hall–Kier alpha value is -1.20. The molecule has 0 aliphatic rings. The normalized spacial score (nSPS) is 10.9. The molecule has 0 aliphatic heterocycles. The molecule has 3 nitrogen and oxygen atoms in total. The number of aromatic nitrogens is 2. The Bertz CT molecular complexity index is 647. The lowest BCUT2D eigenvalue weighted by Gasteiger charge is -2.13. The van der Waals surface area contributed by atoms with Gasteiger partial charge in [0.2, 0.25) is 0 Å². The largest absolute Gasteiger partial charge is 0.372 e. The van der Waals surface area contributed by atoms with Crippen molar-refractivity contribution in [3.05, 3.63) is 39.2 Å². The first-order chi connectivity index (χ1) is 9.43. The van der Waals surface area contributed by atoms with Gasteiger partial charge in [-0.25, -0.2) is 14.4 Å². The van der Waals surface area contributed by atoms with Crippen LogP contribution in [0.4, 0.5) is 10.2 Å². The molecule has 0 aliphatic carbocycles. The number of rotatable bonds is 3. The average Bonchev–Trinajstić information content (AvgIpc) is 2.42. The Morgan fingerprint density at radius 2 is 2.00 bits per heavy atom. The molecule has 20 heavy (non-hydrogen) atoms. The van der Waals surface area contributed by atoms with Gasteiger partial charge in [0.15, 0.2) is 5.82 Å². The monoisotopic (exact) mass is 357 g/mol. The molecule has 0 saturated heterocycles. The lowest BCUT2D eigenvalue weighted by atomic mass is 10.1. The van der Waals surface area contributed by atoms with Crippen molar-refractivity contribution in [2.24, 2.45) is 0 Å². The van der Waals surface area contributed by atoms with E-state index in [1.165, 1.54) is 12.1 Å². The van der Waals surface area contributed by atoms with Crippen molar-refractivity contribution in [3.63, 3.8) is 0 Å².